The quantitative estimate of drug-likeness (QED) is 0.545. The molecule has 0 aliphatic heterocycles. The van der Waals surface area contributed by atoms with Crippen LogP contribution in [0.4, 0.5) is 0 Å². The van der Waals surface area contributed by atoms with Gasteiger partial charge in [0.25, 0.3) is 0 Å². The molecule has 4 aliphatic rings. The molecule has 0 spiro atoms. The minimum absolute atomic E-state index is 0.692. The summed E-state index contributed by atoms with van der Waals surface area (Å²) in [5, 5.41) is 0. The standard InChI is InChI=1S/2C9H11.ClH.Zr/c2*1-2-5-9-7-3-6-8(9)4-1;;/h2*3,6-7H,1-2,4-5H2;1H;/q;;;+1/p-1. The van der Waals surface area contributed by atoms with Gasteiger partial charge in [-0.25, -0.2) is 0 Å². The Hall–Kier alpha value is 0.133. The van der Waals surface area contributed by atoms with E-state index in [0.29, 0.717) is 7.25 Å². The van der Waals surface area contributed by atoms with Crippen molar-refractivity contribution in [3.63, 3.8) is 0 Å². The summed E-state index contributed by atoms with van der Waals surface area (Å²) in [5.41, 5.74) is 6.80. The number of hydrogen-bond acceptors (Lipinski definition) is 0. The van der Waals surface area contributed by atoms with Gasteiger partial charge in [-0.2, -0.15) is 0 Å². The molecule has 105 valence electrons. The monoisotopic (exact) mass is 363 g/mol. The molecule has 0 aromatic rings. The first-order valence-electron chi connectivity index (χ1n) is 8.17. The Morgan fingerprint density at radius 3 is 1.70 bits per heavy atom. The topological polar surface area (TPSA) is 0 Å². The van der Waals surface area contributed by atoms with Crippen LogP contribution in [0.5, 0.6) is 0 Å². The summed E-state index contributed by atoms with van der Waals surface area (Å²) < 4.78 is 1.38. The third-order valence-electron chi connectivity index (χ3n) is 5.43. The van der Waals surface area contributed by atoms with Crippen molar-refractivity contribution in [2.45, 2.75) is 58.6 Å². The van der Waals surface area contributed by atoms with Gasteiger partial charge in [0.15, 0.2) is 0 Å². The normalized spacial score (nSPS) is 31.9. The molecule has 2 heteroatoms. The summed E-state index contributed by atoms with van der Waals surface area (Å²) in [5.74, 6) is 0. The van der Waals surface area contributed by atoms with Crippen molar-refractivity contribution in [2.75, 3.05) is 0 Å². The molecule has 0 fully saturated rings. The van der Waals surface area contributed by atoms with Crippen LogP contribution in [0.25, 0.3) is 0 Å². The van der Waals surface area contributed by atoms with Gasteiger partial charge in [-0.3, -0.25) is 0 Å². The van der Waals surface area contributed by atoms with Crippen LogP contribution in [0.2, 0.25) is 7.25 Å². The molecule has 0 nitrogen and oxygen atoms in total. The molecule has 0 amide bonds. The van der Waals surface area contributed by atoms with E-state index in [1.165, 1.54) is 51.4 Å². The number of hydrogen-bond donors (Lipinski definition) is 0. The van der Waals surface area contributed by atoms with E-state index < -0.39 is 20.6 Å². The zero-order valence-corrected chi connectivity index (χ0v) is 15.2. The molecule has 0 N–H and O–H groups in total. The van der Waals surface area contributed by atoms with Crippen LogP contribution in [0.1, 0.15) is 51.4 Å². The summed E-state index contributed by atoms with van der Waals surface area (Å²) in [6.45, 7) is 0. The molecule has 0 radical (unpaired) electrons. The van der Waals surface area contributed by atoms with Crippen molar-refractivity contribution in [3.8, 4) is 0 Å². The fourth-order valence-corrected chi connectivity index (χ4v) is 12.4. The van der Waals surface area contributed by atoms with Gasteiger partial charge in [0.1, 0.15) is 0 Å². The Morgan fingerprint density at radius 2 is 1.20 bits per heavy atom. The van der Waals surface area contributed by atoms with Crippen molar-refractivity contribution in [2.24, 2.45) is 0 Å². The summed E-state index contributed by atoms with van der Waals surface area (Å²) in [6.07, 6.45) is 20.6. The Bertz CT molecular complexity index is 490. The van der Waals surface area contributed by atoms with E-state index in [0.717, 1.165) is 0 Å². The Labute approximate surface area is 133 Å². The average molecular weight is 365 g/mol. The summed E-state index contributed by atoms with van der Waals surface area (Å²) >= 11 is -1.96. The molecular weight excluding hydrogens is 343 g/mol. The first-order chi connectivity index (χ1) is 9.84. The van der Waals surface area contributed by atoms with Crippen LogP contribution in [0, 0.1) is 0 Å². The van der Waals surface area contributed by atoms with Crippen LogP contribution in [0.3, 0.4) is 0 Å². The molecule has 0 bridgehead atoms. The van der Waals surface area contributed by atoms with Crippen LogP contribution in [0.15, 0.2) is 46.6 Å². The SMILES string of the molecule is [Cl][Zr]([CH]1C=CC2=C1CCCC2)[CH]1C=CC2=C1CCCC2. The van der Waals surface area contributed by atoms with Gasteiger partial charge in [-0.15, -0.1) is 0 Å². The Morgan fingerprint density at radius 1 is 0.750 bits per heavy atom. The second-order valence-corrected chi connectivity index (χ2v) is 14.1. The number of allylic oxidation sites excluding steroid dienone is 8. The third-order valence-corrected chi connectivity index (χ3v) is 13.8. The van der Waals surface area contributed by atoms with E-state index in [1.807, 2.05) is 0 Å². The van der Waals surface area contributed by atoms with E-state index in [-0.39, 0.29) is 0 Å². The molecule has 2 atom stereocenters. The van der Waals surface area contributed by atoms with Gasteiger partial charge in [-0.05, 0) is 0 Å². The van der Waals surface area contributed by atoms with Gasteiger partial charge in [-0.1, -0.05) is 0 Å². The van der Waals surface area contributed by atoms with Crippen LogP contribution >= 0.6 is 8.51 Å². The van der Waals surface area contributed by atoms with Crippen molar-refractivity contribution >= 4 is 8.51 Å². The van der Waals surface area contributed by atoms with E-state index in [9.17, 15) is 0 Å². The molecule has 4 aliphatic carbocycles. The predicted octanol–water partition coefficient (Wildman–Crippen LogP) is 6.22. The third kappa shape index (κ3) is 2.30. The summed E-state index contributed by atoms with van der Waals surface area (Å²) in [4.78, 5) is 0. The zero-order chi connectivity index (χ0) is 13.5. The maximum absolute atomic E-state index is 7.16. The first-order valence-corrected chi connectivity index (χ1v) is 14.2. The van der Waals surface area contributed by atoms with Gasteiger partial charge in [0.05, 0.1) is 0 Å². The van der Waals surface area contributed by atoms with Gasteiger partial charge < -0.3 is 0 Å². The maximum atomic E-state index is 7.16. The van der Waals surface area contributed by atoms with E-state index in [2.05, 4.69) is 24.3 Å². The Kier molecular flexibility index (Phi) is 3.95. The summed E-state index contributed by atoms with van der Waals surface area (Å²) in [6, 6.07) is 0. The second kappa shape index (κ2) is 5.73. The summed E-state index contributed by atoms with van der Waals surface area (Å²) in [7, 11) is 7.16. The van der Waals surface area contributed by atoms with Crippen molar-refractivity contribution in [1.29, 1.82) is 0 Å². The molecule has 20 heavy (non-hydrogen) atoms. The molecule has 0 aromatic heterocycles. The predicted molar refractivity (Wildman–Crippen MR) is 82.6 cm³/mol. The van der Waals surface area contributed by atoms with Crippen molar-refractivity contribution in [1.82, 2.24) is 0 Å². The number of rotatable bonds is 2. The average Bonchev–Trinajstić information content (AvgIpc) is 3.11. The van der Waals surface area contributed by atoms with Crippen molar-refractivity contribution in [3.05, 3.63) is 46.6 Å². The second-order valence-electron chi connectivity index (χ2n) is 6.57. The van der Waals surface area contributed by atoms with Gasteiger partial charge in [0, 0.05) is 0 Å². The van der Waals surface area contributed by atoms with Crippen LogP contribution in [-0.4, -0.2) is 0 Å². The molecule has 2 unspecified atom stereocenters. The number of halogens is 1. The first kappa shape index (κ1) is 13.8. The van der Waals surface area contributed by atoms with Gasteiger partial charge in [0.2, 0.25) is 0 Å². The fraction of sp³-hybridized carbons (Fsp3) is 0.556. The minimum atomic E-state index is -1.96. The van der Waals surface area contributed by atoms with E-state index in [1.54, 1.807) is 22.3 Å². The molecule has 0 saturated heterocycles. The molecular formula is C18H22ClZr. The zero-order valence-electron chi connectivity index (χ0n) is 12.0. The van der Waals surface area contributed by atoms with Gasteiger partial charge >= 0.3 is 134 Å². The van der Waals surface area contributed by atoms with E-state index >= 15 is 0 Å². The molecule has 0 aromatic carbocycles. The van der Waals surface area contributed by atoms with Crippen LogP contribution < -0.4 is 0 Å². The van der Waals surface area contributed by atoms with Crippen molar-refractivity contribution < 1.29 is 20.6 Å². The molecule has 4 rings (SSSR count). The fourth-order valence-electron chi connectivity index (χ4n) is 4.36. The Balaban J connectivity index is 1.58. The molecule has 0 saturated carbocycles. The van der Waals surface area contributed by atoms with Crippen LogP contribution in [-0.2, 0) is 20.6 Å². The van der Waals surface area contributed by atoms with E-state index in [4.69, 9.17) is 8.51 Å². The molecule has 0 heterocycles.